The van der Waals surface area contributed by atoms with E-state index in [0.717, 1.165) is 34.1 Å². The van der Waals surface area contributed by atoms with Crippen LogP contribution in [-0.4, -0.2) is 9.97 Å². The Morgan fingerprint density at radius 3 is 2.39 bits per heavy atom. The number of hydrogen-bond donors (Lipinski definition) is 1. The molecule has 2 rings (SSSR count). The Morgan fingerprint density at radius 1 is 1.17 bits per heavy atom. The van der Waals surface area contributed by atoms with Crippen LogP contribution >= 0.6 is 11.6 Å². The van der Waals surface area contributed by atoms with Crippen LogP contribution < -0.4 is 5.73 Å². The number of benzene rings is 1. The van der Waals surface area contributed by atoms with Crippen LogP contribution in [0.15, 0.2) is 24.3 Å². The van der Waals surface area contributed by atoms with E-state index in [2.05, 4.69) is 16.9 Å². The lowest BCUT2D eigenvalue weighted by atomic mass is 10.1. The van der Waals surface area contributed by atoms with Crippen LogP contribution in [-0.2, 0) is 12.8 Å². The number of nitrogens with zero attached hydrogens (tertiary/aromatic N) is 2. The first-order valence-corrected chi connectivity index (χ1v) is 6.34. The summed E-state index contributed by atoms with van der Waals surface area (Å²) in [6.45, 7) is 4.03. The van der Waals surface area contributed by atoms with Gasteiger partial charge >= 0.3 is 0 Å². The van der Waals surface area contributed by atoms with E-state index in [1.165, 1.54) is 0 Å². The van der Waals surface area contributed by atoms with Crippen molar-refractivity contribution < 1.29 is 0 Å². The van der Waals surface area contributed by atoms with E-state index < -0.39 is 0 Å². The van der Waals surface area contributed by atoms with Gasteiger partial charge in [-0.3, -0.25) is 0 Å². The molecule has 1 aromatic heterocycles. The highest BCUT2D eigenvalue weighted by molar-refractivity contribution is 6.30. The van der Waals surface area contributed by atoms with E-state index in [-0.39, 0.29) is 0 Å². The van der Waals surface area contributed by atoms with Crippen LogP contribution in [0.1, 0.15) is 29.6 Å². The Kier molecular flexibility index (Phi) is 3.82. The van der Waals surface area contributed by atoms with Crippen molar-refractivity contribution >= 4 is 17.4 Å². The van der Waals surface area contributed by atoms with Crippen LogP contribution in [0, 0.1) is 6.92 Å². The Balaban J connectivity index is 2.27. The summed E-state index contributed by atoms with van der Waals surface area (Å²) in [6, 6.07) is 7.69. The third-order valence-electron chi connectivity index (χ3n) is 2.92. The van der Waals surface area contributed by atoms with E-state index in [1.807, 2.05) is 31.2 Å². The first kappa shape index (κ1) is 12.8. The molecule has 0 radical (unpaired) electrons. The summed E-state index contributed by atoms with van der Waals surface area (Å²) in [7, 11) is 0. The highest BCUT2D eigenvalue weighted by atomic mass is 35.5. The predicted octanol–water partition coefficient (Wildman–Crippen LogP) is 3.17. The monoisotopic (exact) mass is 261 g/mol. The van der Waals surface area contributed by atoms with E-state index in [4.69, 9.17) is 17.3 Å². The molecule has 0 aliphatic carbocycles. The van der Waals surface area contributed by atoms with Crippen molar-refractivity contribution in [3.05, 3.63) is 51.9 Å². The van der Waals surface area contributed by atoms with E-state index >= 15 is 0 Å². The van der Waals surface area contributed by atoms with Gasteiger partial charge in [0.1, 0.15) is 11.6 Å². The molecule has 1 heterocycles. The van der Waals surface area contributed by atoms with Gasteiger partial charge in [-0.05, 0) is 31.0 Å². The summed E-state index contributed by atoms with van der Waals surface area (Å²) in [4.78, 5) is 8.85. The van der Waals surface area contributed by atoms with Gasteiger partial charge in [-0.2, -0.15) is 0 Å². The zero-order chi connectivity index (χ0) is 13.1. The normalized spacial score (nSPS) is 10.6. The summed E-state index contributed by atoms with van der Waals surface area (Å²) in [5, 5.41) is 0.733. The maximum Gasteiger partial charge on any atom is 0.135 e. The molecule has 0 atom stereocenters. The molecule has 0 aliphatic heterocycles. The first-order valence-electron chi connectivity index (χ1n) is 5.96. The number of rotatable bonds is 3. The number of anilines is 1. The minimum atomic E-state index is 0.592. The van der Waals surface area contributed by atoms with Crippen LogP contribution in [0.3, 0.4) is 0 Å². The molecule has 2 aromatic rings. The van der Waals surface area contributed by atoms with Gasteiger partial charge in [-0.25, -0.2) is 9.97 Å². The molecule has 3 nitrogen and oxygen atoms in total. The minimum Gasteiger partial charge on any atom is -0.383 e. The number of aromatic nitrogens is 2. The highest BCUT2D eigenvalue weighted by Gasteiger charge is 2.08. The maximum absolute atomic E-state index is 5.94. The molecule has 2 N–H and O–H groups in total. The standard InChI is InChI=1S/C14H16ClN3/c1-3-12-9(2)17-13(18-14(12)16)8-10-4-6-11(15)7-5-10/h4-7H,3,8H2,1-2H3,(H2,16,17,18). The largest absolute Gasteiger partial charge is 0.383 e. The van der Waals surface area contributed by atoms with Gasteiger partial charge in [0.2, 0.25) is 0 Å². The van der Waals surface area contributed by atoms with Gasteiger partial charge in [0.25, 0.3) is 0 Å². The van der Waals surface area contributed by atoms with E-state index in [9.17, 15) is 0 Å². The lowest BCUT2D eigenvalue weighted by molar-refractivity contribution is 0.913. The molecular formula is C14H16ClN3. The fourth-order valence-electron chi connectivity index (χ4n) is 1.98. The van der Waals surface area contributed by atoms with Crippen LogP contribution in [0.25, 0.3) is 0 Å². The number of nitrogen functional groups attached to an aromatic ring is 1. The van der Waals surface area contributed by atoms with Crippen molar-refractivity contribution in [2.45, 2.75) is 26.7 Å². The molecule has 0 unspecified atom stereocenters. The van der Waals surface area contributed by atoms with Crippen LogP contribution in [0.4, 0.5) is 5.82 Å². The first-order chi connectivity index (χ1) is 8.60. The van der Waals surface area contributed by atoms with Crippen molar-refractivity contribution in [1.29, 1.82) is 0 Å². The summed E-state index contributed by atoms with van der Waals surface area (Å²) >= 11 is 5.85. The molecule has 0 amide bonds. The fraction of sp³-hybridized carbons (Fsp3) is 0.286. The molecule has 0 spiro atoms. The topological polar surface area (TPSA) is 51.8 Å². The molecular weight excluding hydrogens is 246 g/mol. The van der Waals surface area contributed by atoms with Gasteiger partial charge in [-0.1, -0.05) is 30.7 Å². The molecule has 1 aromatic carbocycles. The number of nitrogens with two attached hydrogens (primary N) is 1. The smallest absolute Gasteiger partial charge is 0.135 e. The maximum atomic E-state index is 5.94. The van der Waals surface area contributed by atoms with E-state index in [1.54, 1.807) is 0 Å². The Morgan fingerprint density at radius 2 is 1.83 bits per heavy atom. The second-order valence-corrected chi connectivity index (χ2v) is 4.68. The Labute approximate surface area is 112 Å². The second kappa shape index (κ2) is 5.36. The quantitative estimate of drug-likeness (QED) is 0.923. The lowest BCUT2D eigenvalue weighted by Crippen LogP contribution is -2.07. The van der Waals surface area contributed by atoms with Gasteiger partial charge in [0.05, 0.1) is 0 Å². The molecule has 0 fully saturated rings. The van der Waals surface area contributed by atoms with Gasteiger partial charge in [0.15, 0.2) is 0 Å². The van der Waals surface area contributed by atoms with Gasteiger partial charge < -0.3 is 5.73 Å². The van der Waals surface area contributed by atoms with Crippen LogP contribution in [0.5, 0.6) is 0 Å². The lowest BCUT2D eigenvalue weighted by Gasteiger charge is -2.08. The number of hydrogen-bond acceptors (Lipinski definition) is 3. The molecule has 0 bridgehead atoms. The molecule has 0 saturated heterocycles. The predicted molar refractivity (Wildman–Crippen MR) is 74.8 cm³/mol. The Bertz CT molecular complexity index is 526. The zero-order valence-electron chi connectivity index (χ0n) is 10.6. The third-order valence-corrected chi connectivity index (χ3v) is 3.17. The fourth-order valence-corrected chi connectivity index (χ4v) is 2.10. The van der Waals surface area contributed by atoms with E-state index in [0.29, 0.717) is 12.2 Å². The van der Waals surface area contributed by atoms with Crippen LogP contribution in [0.2, 0.25) is 5.02 Å². The molecule has 18 heavy (non-hydrogen) atoms. The summed E-state index contributed by atoms with van der Waals surface area (Å²) in [5.41, 5.74) is 9.07. The van der Waals surface area contributed by atoms with Crippen molar-refractivity contribution in [2.24, 2.45) is 0 Å². The third kappa shape index (κ3) is 2.79. The summed E-state index contributed by atoms with van der Waals surface area (Å²) < 4.78 is 0. The molecule has 0 aliphatic rings. The zero-order valence-corrected chi connectivity index (χ0v) is 11.3. The summed E-state index contributed by atoms with van der Waals surface area (Å²) in [5.74, 6) is 1.35. The molecule has 4 heteroatoms. The van der Waals surface area contributed by atoms with Crippen molar-refractivity contribution in [3.8, 4) is 0 Å². The van der Waals surface area contributed by atoms with Crippen molar-refractivity contribution in [2.75, 3.05) is 5.73 Å². The summed E-state index contributed by atoms with van der Waals surface area (Å²) in [6.07, 6.45) is 1.53. The molecule has 0 saturated carbocycles. The van der Waals surface area contributed by atoms with Gasteiger partial charge in [0, 0.05) is 22.7 Å². The number of halogens is 1. The molecule has 94 valence electrons. The minimum absolute atomic E-state index is 0.592. The highest BCUT2D eigenvalue weighted by Crippen LogP contribution is 2.16. The average molecular weight is 262 g/mol. The second-order valence-electron chi connectivity index (χ2n) is 4.25. The SMILES string of the molecule is CCc1c(C)nc(Cc2ccc(Cl)cc2)nc1N. The Hall–Kier alpha value is -1.61. The number of aryl methyl sites for hydroxylation is 1. The van der Waals surface area contributed by atoms with Crippen molar-refractivity contribution in [3.63, 3.8) is 0 Å². The average Bonchev–Trinajstić information content (AvgIpc) is 2.32. The van der Waals surface area contributed by atoms with Gasteiger partial charge in [-0.15, -0.1) is 0 Å². The van der Waals surface area contributed by atoms with Crippen molar-refractivity contribution in [1.82, 2.24) is 9.97 Å².